The second kappa shape index (κ2) is 4.65. The monoisotopic (exact) mass is 256 g/mol. The third kappa shape index (κ3) is 2.38. The predicted octanol–water partition coefficient (Wildman–Crippen LogP) is 2.83. The van der Waals surface area contributed by atoms with Gasteiger partial charge in [-0.1, -0.05) is 12.1 Å². The topological polar surface area (TPSA) is 8.81 Å². The minimum absolute atomic E-state index is 0.308. The van der Waals surface area contributed by atoms with Gasteiger partial charge in [0.25, 0.3) is 6.33 Å². The van der Waals surface area contributed by atoms with Crippen molar-refractivity contribution in [3.8, 4) is 11.4 Å². The molecule has 0 aliphatic rings. The van der Waals surface area contributed by atoms with Crippen LogP contribution in [0.4, 0.5) is 8.78 Å². The van der Waals surface area contributed by atoms with Crippen LogP contribution >= 0.6 is 0 Å². The number of hydrogen-bond acceptors (Lipinski definition) is 0. The highest BCUT2D eigenvalue weighted by molar-refractivity contribution is 5.31. The van der Waals surface area contributed by atoms with Crippen molar-refractivity contribution in [1.82, 2.24) is 4.57 Å². The first-order chi connectivity index (χ1) is 9.22. The smallest absolute Gasteiger partial charge is 0.268 e. The zero-order chi connectivity index (χ0) is 13.2. The molecular weight excluding hydrogens is 246 g/mol. The Morgan fingerprint density at radius 2 is 1.68 bits per heavy atom. The van der Waals surface area contributed by atoms with Crippen LogP contribution in [0.2, 0.25) is 0 Å². The van der Waals surface area contributed by atoms with Crippen LogP contribution in [-0.2, 0) is 0 Å². The van der Waals surface area contributed by atoms with Crippen LogP contribution in [0, 0.1) is 18.0 Å². The third-order valence-corrected chi connectivity index (χ3v) is 2.75. The van der Waals surface area contributed by atoms with Crippen molar-refractivity contribution in [2.75, 3.05) is 0 Å². The van der Waals surface area contributed by atoms with Gasteiger partial charge in [0.15, 0.2) is 0 Å². The number of halogens is 2. The summed E-state index contributed by atoms with van der Waals surface area (Å²) in [6.45, 7) is 0. The lowest BCUT2D eigenvalue weighted by Crippen LogP contribution is -2.28. The van der Waals surface area contributed by atoms with Gasteiger partial charge in [0.2, 0.25) is 0 Å². The number of nitrogens with zero attached hydrogens (tertiary/aromatic N) is 2. The van der Waals surface area contributed by atoms with Gasteiger partial charge in [0, 0.05) is 12.4 Å². The molecule has 0 unspecified atom stereocenters. The van der Waals surface area contributed by atoms with E-state index in [0.717, 1.165) is 0 Å². The maximum Gasteiger partial charge on any atom is 0.268 e. The van der Waals surface area contributed by atoms with E-state index in [2.05, 4.69) is 6.33 Å². The average Bonchev–Trinajstić information content (AvgIpc) is 2.88. The Hall–Kier alpha value is -2.49. The summed E-state index contributed by atoms with van der Waals surface area (Å²) in [5.74, 6) is -0.617. The van der Waals surface area contributed by atoms with Crippen LogP contribution in [0.5, 0.6) is 0 Å². The molecule has 1 aromatic heterocycles. The summed E-state index contributed by atoms with van der Waals surface area (Å²) in [5.41, 5.74) is 1.32. The van der Waals surface area contributed by atoms with E-state index in [9.17, 15) is 8.78 Å². The Morgan fingerprint density at radius 3 is 2.42 bits per heavy atom. The van der Waals surface area contributed by atoms with E-state index in [0.29, 0.717) is 11.4 Å². The summed E-state index contributed by atoms with van der Waals surface area (Å²) >= 11 is 0. The van der Waals surface area contributed by atoms with Gasteiger partial charge in [-0.15, -0.1) is 0 Å². The standard InChI is InChI=1S/C15H10F2N2/c16-12-3-1-5-14(9-12)18-7-8-19(11-18)15-6-2-4-13(17)10-15/h1-10H. The van der Waals surface area contributed by atoms with Crippen LogP contribution in [0.15, 0.2) is 60.9 Å². The van der Waals surface area contributed by atoms with Crippen molar-refractivity contribution in [2.45, 2.75) is 0 Å². The summed E-state index contributed by atoms with van der Waals surface area (Å²) in [6.07, 6.45) is 6.47. The maximum absolute atomic E-state index is 13.2. The molecule has 19 heavy (non-hydrogen) atoms. The normalized spacial score (nSPS) is 10.6. The van der Waals surface area contributed by atoms with Crippen LogP contribution in [0.3, 0.4) is 0 Å². The molecule has 0 aliphatic heterocycles. The average molecular weight is 256 g/mol. The van der Waals surface area contributed by atoms with E-state index in [1.54, 1.807) is 45.8 Å². The van der Waals surface area contributed by atoms with E-state index in [-0.39, 0.29) is 11.6 Å². The Labute approximate surface area is 109 Å². The zero-order valence-electron chi connectivity index (χ0n) is 9.92. The van der Waals surface area contributed by atoms with E-state index in [4.69, 9.17) is 0 Å². The fourth-order valence-electron chi connectivity index (χ4n) is 1.86. The molecule has 0 fully saturated rings. The van der Waals surface area contributed by atoms with E-state index >= 15 is 0 Å². The highest BCUT2D eigenvalue weighted by Gasteiger charge is 2.03. The molecule has 0 radical (unpaired) electrons. The third-order valence-electron chi connectivity index (χ3n) is 2.75. The first-order valence-corrected chi connectivity index (χ1v) is 5.76. The summed E-state index contributed by atoms with van der Waals surface area (Å²) < 4.78 is 29.6. The lowest BCUT2D eigenvalue weighted by Gasteiger charge is -2.01. The lowest BCUT2D eigenvalue weighted by atomic mass is 10.3. The fraction of sp³-hybridized carbons (Fsp3) is 0. The zero-order valence-corrected chi connectivity index (χ0v) is 9.92. The number of rotatable bonds is 2. The van der Waals surface area contributed by atoms with E-state index in [1.807, 2.05) is 0 Å². The summed E-state index contributed by atoms with van der Waals surface area (Å²) in [5, 5.41) is 0. The molecule has 0 N–H and O–H groups in total. The number of benzene rings is 2. The summed E-state index contributed by atoms with van der Waals surface area (Å²) in [7, 11) is 0. The summed E-state index contributed by atoms with van der Waals surface area (Å²) in [4.78, 5) is 0. The van der Waals surface area contributed by atoms with Crippen molar-refractivity contribution in [1.29, 1.82) is 0 Å². The maximum atomic E-state index is 13.2. The van der Waals surface area contributed by atoms with Crippen molar-refractivity contribution in [2.24, 2.45) is 0 Å². The molecule has 2 aromatic carbocycles. The van der Waals surface area contributed by atoms with Gasteiger partial charge in [-0.25, -0.2) is 8.78 Å². The van der Waals surface area contributed by atoms with Gasteiger partial charge in [-0.3, -0.25) is 9.13 Å². The molecular formula is C15H10F2N2. The molecule has 3 aromatic rings. The van der Waals surface area contributed by atoms with Gasteiger partial charge < -0.3 is 0 Å². The molecule has 1 heterocycles. The molecule has 94 valence electrons. The van der Waals surface area contributed by atoms with Crippen molar-refractivity contribution >= 4 is 0 Å². The molecule has 4 heteroatoms. The van der Waals surface area contributed by atoms with Crippen LogP contribution < -0.4 is 4.57 Å². The molecule has 0 atom stereocenters. The predicted molar refractivity (Wildman–Crippen MR) is 66.1 cm³/mol. The molecule has 0 saturated heterocycles. The highest BCUT2D eigenvalue weighted by atomic mass is 19.1. The van der Waals surface area contributed by atoms with Crippen LogP contribution in [0.1, 0.15) is 0 Å². The lowest BCUT2D eigenvalue weighted by molar-refractivity contribution is -0.599. The van der Waals surface area contributed by atoms with Crippen molar-refractivity contribution in [3.63, 3.8) is 0 Å². The van der Waals surface area contributed by atoms with Gasteiger partial charge in [0.05, 0.1) is 11.4 Å². The largest absolute Gasteiger partial charge is 0.299 e. The van der Waals surface area contributed by atoms with Crippen LogP contribution in [-0.4, -0.2) is 4.57 Å². The number of imidazole rings is 1. The number of aromatic nitrogens is 2. The second-order valence-electron chi connectivity index (χ2n) is 4.10. The minimum Gasteiger partial charge on any atom is -0.299 e. The molecule has 0 amide bonds. The van der Waals surface area contributed by atoms with Crippen molar-refractivity contribution in [3.05, 3.63) is 78.9 Å². The molecule has 3 rings (SSSR count). The molecule has 2 nitrogen and oxygen atoms in total. The quantitative estimate of drug-likeness (QED) is 0.492. The molecule has 0 aliphatic carbocycles. The first-order valence-electron chi connectivity index (χ1n) is 5.76. The second-order valence-corrected chi connectivity index (χ2v) is 4.10. The SMILES string of the molecule is Fc1cccc(-n2[c-][n+](-c3cccc(F)c3)cc2)c1. The molecule has 0 saturated carbocycles. The Bertz CT molecular complexity index is 659. The Kier molecular flexibility index (Phi) is 2.83. The van der Waals surface area contributed by atoms with E-state index in [1.165, 1.54) is 24.3 Å². The van der Waals surface area contributed by atoms with Gasteiger partial charge >= 0.3 is 0 Å². The van der Waals surface area contributed by atoms with Crippen molar-refractivity contribution < 1.29 is 13.3 Å². The Balaban J connectivity index is 2.00. The van der Waals surface area contributed by atoms with Crippen LogP contribution in [0.25, 0.3) is 11.4 Å². The highest BCUT2D eigenvalue weighted by Crippen LogP contribution is 2.09. The molecule has 0 spiro atoms. The van der Waals surface area contributed by atoms with Gasteiger partial charge in [-0.05, 0) is 36.4 Å². The van der Waals surface area contributed by atoms with E-state index < -0.39 is 0 Å². The van der Waals surface area contributed by atoms with Gasteiger partial charge in [-0.2, -0.15) is 0 Å². The van der Waals surface area contributed by atoms with Gasteiger partial charge in [0.1, 0.15) is 11.6 Å². The Morgan fingerprint density at radius 1 is 0.947 bits per heavy atom. The number of hydrogen-bond donors (Lipinski definition) is 0. The minimum atomic E-state index is -0.308. The molecule has 0 bridgehead atoms. The fourth-order valence-corrected chi connectivity index (χ4v) is 1.86. The first kappa shape index (κ1) is 11.6. The summed E-state index contributed by atoms with van der Waals surface area (Å²) in [6, 6.07) is 12.4.